The predicted octanol–water partition coefficient (Wildman–Crippen LogP) is 4.18. The summed E-state index contributed by atoms with van der Waals surface area (Å²) >= 11 is 0. The molecule has 0 spiro atoms. The van der Waals surface area contributed by atoms with Gasteiger partial charge in [0.2, 0.25) is 0 Å². The molecule has 1 aliphatic carbocycles. The highest BCUT2D eigenvalue weighted by atomic mass is 16.4. The molecule has 2 N–H and O–H groups in total. The molecule has 0 aliphatic heterocycles. The third kappa shape index (κ3) is 2.99. The standard InChI is InChI=1S/C24H26N4O2/c1-15-10-11-22-19(12-15)18-6-5-8-21(26-30)24(18)28(22)14-17(29)13-27-16(2)25-20-7-3-4-9-23(20)27/h3-4,7,9-12,17,29-30H,5-6,8,13-14H2,1-2H3/b26-21+/t17-/m0/s1. The number of oxime groups is 1. The zero-order chi connectivity index (χ0) is 20.8. The highest BCUT2D eigenvalue weighted by molar-refractivity contribution is 6.06. The van der Waals surface area contributed by atoms with E-state index in [-0.39, 0.29) is 0 Å². The Labute approximate surface area is 175 Å². The Hall–Kier alpha value is -3.12. The summed E-state index contributed by atoms with van der Waals surface area (Å²) in [5.41, 5.74) is 7.16. The first-order chi connectivity index (χ1) is 14.6. The van der Waals surface area contributed by atoms with Crippen molar-refractivity contribution >= 4 is 27.6 Å². The molecule has 5 rings (SSSR count). The van der Waals surface area contributed by atoms with Crippen LogP contribution in [0.3, 0.4) is 0 Å². The van der Waals surface area contributed by atoms with E-state index in [0.717, 1.165) is 47.3 Å². The second kappa shape index (κ2) is 7.29. The summed E-state index contributed by atoms with van der Waals surface area (Å²) in [5, 5.41) is 25.5. The van der Waals surface area contributed by atoms with Gasteiger partial charge in [-0.2, -0.15) is 0 Å². The molecule has 0 radical (unpaired) electrons. The summed E-state index contributed by atoms with van der Waals surface area (Å²) < 4.78 is 4.21. The molecule has 6 heteroatoms. The summed E-state index contributed by atoms with van der Waals surface area (Å²) in [6.07, 6.45) is 2.08. The van der Waals surface area contributed by atoms with E-state index in [1.807, 2.05) is 31.2 Å². The maximum Gasteiger partial charge on any atom is 0.106 e. The Balaban J connectivity index is 1.56. The van der Waals surface area contributed by atoms with Crippen LogP contribution < -0.4 is 0 Å². The number of benzene rings is 2. The molecule has 1 aliphatic rings. The number of fused-ring (bicyclic) bond motifs is 4. The van der Waals surface area contributed by atoms with E-state index in [9.17, 15) is 10.3 Å². The number of nitrogens with zero attached hydrogens (tertiary/aromatic N) is 4. The average molecular weight is 402 g/mol. The molecule has 2 aromatic carbocycles. The first-order valence-electron chi connectivity index (χ1n) is 10.5. The number of aryl methyl sites for hydroxylation is 3. The van der Waals surface area contributed by atoms with Crippen LogP contribution in [0, 0.1) is 13.8 Å². The maximum atomic E-state index is 11.1. The van der Waals surface area contributed by atoms with Crippen LogP contribution in [0.5, 0.6) is 0 Å². The number of hydrogen-bond donors (Lipinski definition) is 2. The summed E-state index contributed by atoms with van der Waals surface area (Å²) in [7, 11) is 0. The van der Waals surface area contributed by atoms with Gasteiger partial charge in [-0.3, -0.25) is 0 Å². The lowest BCUT2D eigenvalue weighted by Crippen LogP contribution is -2.26. The van der Waals surface area contributed by atoms with Crippen molar-refractivity contribution < 1.29 is 10.3 Å². The minimum Gasteiger partial charge on any atom is -0.411 e. The van der Waals surface area contributed by atoms with Gasteiger partial charge < -0.3 is 19.4 Å². The second-order valence-corrected chi connectivity index (χ2v) is 8.27. The van der Waals surface area contributed by atoms with Crippen molar-refractivity contribution in [2.75, 3.05) is 0 Å². The SMILES string of the molecule is Cc1ccc2c(c1)c1c(n2C[C@@H](O)Cn2c(C)nc3ccccc32)/C(=N/O)CCC1. The topological polar surface area (TPSA) is 75.6 Å². The predicted molar refractivity (Wildman–Crippen MR) is 118 cm³/mol. The number of aliphatic hydroxyl groups excluding tert-OH is 1. The molecular formula is C24H26N4O2. The van der Waals surface area contributed by atoms with Crippen LogP contribution in [0.15, 0.2) is 47.6 Å². The molecule has 154 valence electrons. The molecule has 4 aromatic rings. The number of rotatable bonds is 4. The Morgan fingerprint density at radius 2 is 1.83 bits per heavy atom. The van der Waals surface area contributed by atoms with Crippen molar-refractivity contribution in [2.24, 2.45) is 5.16 Å². The number of aliphatic hydroxyl groups is 1. The molecule has 0 saturated carbocycles. The largest absolute Gasteiger partial charge is 0.411 e. The normalized spacial score (nSPS) is 16.4. The lowest BCUT2D eigenvalue weighted by molar-refractivity contribution is 0.136. The molecular weight excluding hydrogens is 376 g/mol. The zero-order valence-electron chi connectivity index (χ0n) is 17.3. The van der Waals surface area contributed by atoms with E-state index < -0.39 is 6.10 Å². The molecule has 0 fully saturated rings. The first kappa shape index (κ1) is 18.9. The zero-order valence-corrected chi connectivity index (χ0v) is 17.3. The van der Waals surface area contributed by atoms with E-state index >= 15 is 0 Å². The van der Waals surface area contributed by atoms with Crippen LogP contribution in [0.2, 0.25) is 0 Å². The highest BCUT2D eigenvalue weighted by Gasteiger charge is 2.26. The smallest absolute Gasteiger partial charge is 0.106 e. The highest BCUT2D eigenvalue weighted by Crippen LogP contribution is 2.33. The fraction of sp³-hybridized carbons (Fsp3) is 0.333. The third-order valence-corrected chi connectivity index (χ3v) is 6.19. The summed E-state index contributed by atoms with van der Waals surface area (Å²) in [6, 6.07) is 14.4. The van der Waals surface area contributed by atoms with Crippen LogP contribution in [0.1, 0.15) is 35.5 Å². The third-order valence-electron chi connectivity index (χ3n) is 6.19. The minimum atomic E-state index is -0.607. The van der Waals surface area contributed by atoms with Crippen molar-refractivity contribution in [3.8, 4) is 0 Å². The van der Waals surface area contributed by atoms with Crippen LogP contribution in [0.4, 0.5) is 0 Å². The van der Waals surface area contributed by atoms with Crippen LogP contribution in [-0.2, 0) is 19.5 Å². The quantitative estimate of drug-likeness (QED) is 0.397. The Morgan fingerprint density at radius 1 is 1.03 bits per heavy atom. The monoisotopic (exact) mass is 402 g/mol. The van der Waals surface area contributed by atoms with Gasteiger partial charge in [0.25, 0.3) is 0 Å². The van der Waals surface area contributed by atoms with Gasteiger partial charge in [-0.1, -0.05) is 28.9 Å². The van der Waals surface area contributed by atoms with Crippen LogP contribution in [0.25, 0.3) is 21.9 Å². The van der Waals surface area contributed by atoms with Crippen LogP contribution >= 0.6 is 0 Å². The molecule has 0 amide bonds. The van der Waals surface area contributed by atoms with E-state index in [1.165, 1.54) is 16.5 Å². The van der Waals surface area contributed by atoms with Crippen LogP contribution in [-0.4, -0.2) is 36.2 Å². The minimum absolute atomic E-state index is 0.430. The maximum absolute atomic E-state index is 11.1. The molecule has 1 atom stereocenters. The number of aromatic nitrogens is 3. The van der Waals surface area contributed by atoms with Crippen molar-refractivity contribution in [1.82, 2.24) is 14.1 Å². The van der Waals surface area contributed by atoms with E-state index in [4.69, 9.17) is 0 Å². The summed E-state index contributed by atoms with van der Waals surface area (Å²) in [4.78, 5) is 4.61. The molecule has 2 aromatic heterocycles. The molecule has 0 bridgehead atoms. The Morgan fingerprint density at radius 3 is 2.67 bits per heavy atom. The second-order valence-electron chi connectivity index (χ2n) is 8.27. The average Bonchev–Trinajstić information content (AvgIpc) is 3.22. The van der Waals surface area contributed by atoms with Gasteiger partial charge in [-0.25, -0.2) is 4.98 Å². The summed E-state index contributed by atoms with van der Waals surface area (Å²) in [6.45, 7) is 4.95. The molecule has 0 unspecified atom stereocenters. The van der Waals surface area contributed by atoms with Gasteiger partial charge >= 0.3 is 0 Å². The number of imidazole rings is 1. The molecule has 0 saturated heterocycles. The van der Waals surface area contributed by atoms with Crippen molar-refractivity contribution in [3.63, 3.8) is 0 Å². The first-order valence-corrected chi connectivity index (χ1v) is 10.5. The van der Waals surface area contributed by atoms with E-state index in [2.05, 4.69) is 44.4 Å². The van der Waals surface area contributed by atoms with Gasteiger partial charge in [-0.05, 0) is 62.9 Å². The molecule has 30 heavy (non-hydrogen) atoms. The fourth-order valence-electron chi connectivity index (χ4n) is 4.86. The van der Waals surface area contributed by atoms with Crippen molar-refractivity contribution in [2.45, 2.75) is 52.3 Å². The van der Waals surface area contributed by atoms with Gasteiger partial charge in [0, 0.05) is 10.9 Å². The van der Waals surface area contributed by atoms with Crippen molar-refractivity contribution in [3.05, 3.63) is 65.1 Å². The lowest BCUT2D eigenvalue weighted by Gasteiger charge is -2.20. The lowest BCUT2D eigenvalue weighted by atomic mass is 9.93. The number of para-hydroxylation sites is 2. The van der Waals surface area contributed by atoms with E-state index in [0.29, 0.717) is 18.8 Å². The van der Waals surface area contributed by atoms with E-state index in [1.54, 1.807) is 0 Å². The van der Waals surface area contributed by atoms with Crippen molar-refractivity contribution in [1.29, 1.82) is 0 Å². The Kier molecular flexibility index (Phi) is 4.59. The van der Waals surface area contributed by atoms with Gasteiger partial charge in [-0.15, -0.1) is 0 Å². The van der Waals surface area contributed by atoms with Gasteiger partial charge in [0.1, 0.15) is 11.5 Å². The molecule has 6 nitrogen and oxygen atoms in total. The molecule has 2 heterocycles. The number of hydrogen-bond acceptors (Lipinski definition) is 4. The fourth-order valence-corrected chi connectivity index (χ4v) is 4.86. The summed E-state index contributed by atoms with van der Waals surface area (Å²) in [5.74, 6) is 0.892. The van der Waals surface area contributed by atoms with Gasteiger partial charge in [0.15, 0.2) is 0 Å². The van der Waals surface area contributed by atoms with Gasteiger partial charge in [0.05, 0.1) is 35.9 Å². The Bertz CT molecular complexity index is 1280.